The van der Waals surface area contributed by atoms with E-state index in [-0.39, 0.29) is 16.3 Å². The molecule has 0 aromatic heterocycles. The number of amides is 1. The van der Waals surface area contributed by atoms with Gasteiger partial charge in [0.05, 0.1) is 16.8 Å². The molecule has 0 unspecified atom stereocenters. The number of rotatable bonds is 7. The lowest BCUT2D eigenvalue weighted by molar-refractivity contribution is -0.127. The molecular formula is C23H17Br2ClN2O4. The average molecular weight is 581 g/mol. The monoisotopic (exact) mass is 578 g/mol. The van der Waals surface area contributed by atoms with Gasteiger partial charge in [-0.25, -0.2) is 10.2 Å². The van der Waals surface area contributed by atoms with Gasteiger partial charge >= 0.3 is 5.97 Å². The second kappa shape index (κ2) is 11.3. The first-order valence-corrected chi connectivity index (χ1v) is 11.3. The molecule has 164 valence electrons. The Balaban J connectivity index is 1.66. The Morgan fingerprint density at radius 1 is 1.03 bits per heavy atom. The minimum atomic E-state index is -0.770. The summed E-state index contributed by atoms with van der Waals surface area (Å²) in [6, 6.07) is 18.8. The highest BCUT2D eigenvalue weighted by molar-refractivity contribution is 9.10. The lowest BCUT2D eigenvalue weighted by Gasteiger charge is -2.13. The smallest absolute Gasteiger partial charge is 0.345 e. The van der Waals surface area contributed by atoms with E-state index in [0.29, 0.717) is 11.3 Å². The normalized spacial score (nSPS) is 11.8. The summed E-state index contributed by atoms with van der Waals surface area (Å²) in [5.41, 5.74) is 3.14. The molecule has 0 aliphatic heterocycles. The molecule has 1 atom stereocenters. The average Bonchev–Trinajstić information content (AvgIpc) is 2.77. The fraction of sp³-hybridized carbons (Fsp3) is 0.0870. The van der Waals surface area contributed by atoms with Crippen molar-refractivity contribution in [3.63, 3.8) is 0 Å². The number of hydrogen-bond acceptors (Lipinski definition) is 5. The molecule has 0 aliphatic rings. The van der Waals surface area contributed by atoms with Crippen molar-refractivity contribution in [1.82, 2.24) is 5.43 Å². The second-order valence-corrected chi connectivity index (χ2v) is 8.74. The summed E-state index contributed by atoms with van der Waals surface area (Å²) in [7, 11) is 0. The number of benzene rings is 3. The maximum absolute atomic E-state index is 12.5. The number of halogens is 3. The number of nitrogens with one attached hydrogen (secondary N) is 1. The molecule has 1 N–H and O–H groups in total. The van der Waals surface area contributed by atoms with Crippen LogP contribution in [0.1, 0.15) is 22.8 Å². The van der Waals surface area contributed by atoms with Crippen LogP contribution in [0.25, 0.3) is 0 Å². The first-order valence-electron chi connectivity index (χ1n) is 9.35. The van der Waals surface area contributed by atoms with Crippen LogP contribution in [0, 0.1) is 0 Å². The highest BCUT2D eigenvalue weighted by Crippen LogP contribution is 2.24. The minimum absolute atomic E-state index is 0.243. The molecule has 3 aromatic rings. The summed E-state index contributed by atoms with van der Waals surface area (Å²) < 4.78 is 12.7. The van der Waals surface area contributed by atoms with Gasteiger partial charge in [-0.1, -0.05) is 55.6 Å². The van der Waals surface area contributed by atoms with Gasteiger partial charge in [-0.2, -0.15) is 5.10 Å². The lowest BCUT2D eigenvalue weighted by atomic mass is 10.2. The van der Waals surface area contributed by atoms with E-state index in [1.165, 1.54) is 6.21 Å². The molecule has 0 bridgehead atoms. The van der Waals surface area contributed by atoms with Gasteiger partial charge in [0, 0.05) is 14.5 Å². The predicted octanol–water partition coefficient (Wildman–Crippen LogP) is 6.00. The van der Waals surface area contributed by atoms with E-state index < -0.39 is 18.0 Å². The van der Waals surface area contributed by atoms with Crippen molar-refractivity contribution >= 4 is 61.6 Å². The summed E-state index contributed by atoms with van der Waals surface area (Å²) in [4.78, 5) is 24.8. The third-order valence-corrected chi connectivity index (χ3v) is 5.49. The summed E-state index contributed by atoms with van der Waals surface area (Å²) in [6.45, 7) is 1.61. The molecule has 0 radical (unpaired) electrons. The molecule has 0 heterocycles. The topological polar surface area (TPSA) is 77.0 Å². The standard InChI is InChI=1S/C23H17Br2ClN2O4/c1-14(31-18-9-6-16(24)7-10-18)22(29)28-27-13-15-12-17(25)8-11-21(15)32-23(30)19-4-2-3-5-20(19)26/h2-14H,1H3,(H,28,29)/b27-13-/t14-/m0/s1. The van der Waals surface area contributed by atoms with Crippen molar-refractivity contribution in [3.05, 3.63) is 91.8 Å². The summed E-state index contributed by atoms with van der Waals surface area (Å²) >= 11 is 12.8. The fourth-order valence-corrected chi connectivity index (χ4v) is 3.38. The van der Waals surface area contributed by atoms with Gasteiger partial charge in [0.15, 0.2) is 6.10 Å². The van der Waals surface area contributed by atoms with E-state index in [9.17, 15) is 9.59 Å². The Morgan fingerprint density at radius 2 is 1.72 bits per heavy atom. The van der Waals surface area contributed by atoms with Crippen molar-refractivity contribution in [2.24, 2.45) is 5.10 Å². The van der Waals surface area contributed by atoms with Crippen LogP contribution in [0.15, 0.2) is 80.8 Å². The quantitative estimate of drug-likeness (QED) is 0.161. The van der Waals surface area contributed by atoms with Gasteiger partial charge in [0.1, 0.15) is 11.5 Å². The number of carbonyl (C=O) groups is 2. The van der Waals surface area contributed by atoms with Gasteiger partial charge < -0.3 is 9.47 Å². The SMILES string of the molecule is C[C@H](Oc1ccc(Br)cc1)C(=O)N/N=C\c1cc(Br)ccc1OC(=O)c1ccccc1Cl. The Hall–Kier alpha value is -2.68. The van der Waals surface area contributed by atoms with Crippen LogP contribution in [-0.2, 0) is 4.79 Å². The van der Waals surface area contributed by atoms with Gasteiger partial charge in [-0.3, -0.25) is 4.79 Å². The maximum atomic E-state index is 12.5. The van der Waals surface area contributed by atoms with Gasteiger partial charge in [0.2, 0.25) is 0 Å². The molecule has 0 fully saturated rings. The first kappa shape index (κ1) is 24.0. The van der Waals surface area contributed by atoms with E-state index in [1.807, 2.05) is 12.1 Å². The molecule has 9 heteroatoms. The minimum Gasteiger partial charge on any atom is -0.481 e. The molecule has 0 saturated carbocycles. The highest BCUT2D eigenvalue weighted by Gasteiger charge is 2.16. The maximum Gasteiger partial charge on any atom is 0.345 e. The fourth-order valence-electron chi connectivity index (χ4n) is 2.52. The molecule has 3 rings (SSSR count). The molecule has 32 heavy (non-hydrogen) atoms. The summed E-state index contributed by atoms with van der Waals surface area (Å²) in [5, 5.41) is 4.26. The number of esters is 1. The number of hydrazone groups is 1. The summed E-state index contributed by atoms with van der Waals surface area (Å²) in [5.74, 6) is -0.224. The van der Waals surface area contributed by atoms with Crippen molar-refractivity contribution in [1.29, 1.82) is 0 Å². The zero-order valence-corrected chi connectivity index (χ0v) is 20.6. The van der Waals surface area contributed by atoms with E-state index in [0.717, 1.165) is 8.95 Å². The third-order valence-electron chi connectivity index (χ3n) is 4.14. The van der Waals surface area contributed by atoms with Crippen LogP contribution in [0.5, 0.6) is 11.5 Å². The zero-order valence-electron chi connectivity index (χ0n) is 16.7. The van der Waals surface area contributed by atoms with E-state index in [2.05, 4.69) is 42.4 Å². The highest BCUT2D eigenvalue weighted by atomic mass is 79.9. The van der Waals surface area contributed by atoms with Crippen LogP contribution in [0.4, 0.5) is 0 Å². The molecule has 6 nitrogen and oxygen atoms in total. The third kappa shape index (κ3) is 6.66. The molecule has 1 amide bonds. The van der Waals surface area contributed by atoms with Crippen molar-refractivity contribution < 1.29 is 19.1 Å². The zero-order chi connectivity index (χ0) is 23.1. The van der Waals surface area contributed by atoms with E-state index in [4.69, 9.17) is 21.1 Å². The molecule has 0 saturated heterocycles. The lowest BCUT2D eigenvalue weighted by Crippen LogP contribution is -2.33. The number of nitrogens with zero attached hydrogens (tertiary/aromatic N) is 1. The Labute approximate surface area is 206 Å². The van der Waals surface area contributed by atoms with Crippen molar-refractivity contribution in [2.45, 2.75) is 13.0 Å². The van der Waals surface area contributed by atoms with Crippen LogP contribution in [-0.4, -0.2) is 24.2 Å². The van der Waals surface area contributed by atoms with Crippen LogP contribution in [0.2, 0.25) is 5.02 Å². The number of hydrogen-bond donors (Lipinski definition) is 1. The van der Waals surface area contributed by atoms with Crippen LogP contribution in [0.3, 0.4) is 0 Å². The van der Waals surface area contributed by atoms with Crippen LogP contribution < -0.4 is 14.9 Å². The molecule has 0 spiro atoms. The molecule has 3 aromatic carbocycles. The molecule has 0 aliphatic carbocycles. The largest absolute Gasteiger partial charge is 0.481 e. The Kier molecular flexibility index (Phi) is 8.44. The van der Waals surface area contributed by atoms with Gasteiger partial charge in [-0.05, 0) is 61.5 Å². The van der Waals surface area contributed by atoms with Gasteiger partial charge in [0.25, 0.3) is 5.91 Å². The number of ether oxygens (including phenoxy) is 2. The predicted molar refractivity (Wildman–Crippen MR) is 131 cm³/mol. The van der Waals surface area contributed by atoms with Crippen LogP contribution >= 0.6 is 43.5 Å². The Morgan fingerprint density at radius 3 is 2.44 bits per heavy atom. The van der Waals surface area contributed by atoms with E-state index >= 15 is 0 Å². The van der Waals surface area contributed by atoms with Gasteiger partial charge in [-0.15, -0.1) is 0 Å². The van der Waals surface area contributed by atoms with E-state index in [1.54, 1.807) is 61.5 Å². The summed E-state index contributed by atoms with van der Waals surface area (Å²) in [6.07, 6.45) is 0.609. The second-order valence-electron chi connectivity index (χ2n) is 6.50. The Bertz CT molecular complexity index is 1150. The number of carbonyl (C=O) groups excluding carboxylic acids is 2. The first-order chi connectivity index (χ1) is 15.3. The van der Waals surface area contributed by atoms with Crippen molar-refractivity contribution in [3.8, 4) is 11.5 Å². The molecular weight excluding hydrogens is 564 g/mol. The van der Waals surface area contributed by atoms with Crippen molar-refractivity contribution in [2.75, 3.05) is 0 Å².